The molecule has 264 valence electrons. The summed E-state index contributed by atoms with van der Waals surface area (Å²) in [6.07, 6.45) is 0. The highest BCUT2D eigenvalue weighted by atomic mass is 16.3. The summed E-state index contributed by atoms with van der Waals surface area (Å²) < 4.78 is 15.7. The molecule has 9 aromatic carbocycles. The maximum absolute atomic E-state index is 6.75. The van der Waals surface area contributed by atoms with Crippen LogP contribution in [-0.2, 0) is 0 Å². The van der Waals surface area contributed by atoms with Gasteiger partial charge in [-0.05, 0) is 87.6 Å². The normalized spacial score (nSPS) is 12.2. The number of rotatable bonds is 3. The number of benzene rings is 9. The molecular weight excluding hydrogens is 699 g/mol. The molecule has 0 fully saturated rings. The zero-order valence-corrected chi connectivity index (χ0v) is 30.4. The molecule has 0 saturated carbocycles. The molecule has 0 amide bonds. The van der Waals surface area contributed by atoms with Crippen molar-refractivity contribution < 1.29 is 8.83 Å². The first kappa shape index (κ1) is 30.6. The second kappa shape index (κ2) is 11.4. The van der Waals surface area contributed by atoms with Gasteiger partial charge in [-0.15, -0.1) is 0 Å². The van der Waals surface area contributed by atoms with Crippen molar-refractivity contribution in [3.05, 3.63) is 176 Å². The van der Waals surface area contributed by atoms with Gasteiger partial charge < -0.3 is 13.4 Å². The van der Waals surface area contributed by atoms with Crippen molar-refractivity contribution in [2.24, 2.45) is 0 Å². The van der Waals surface area contributed by atoms with E-state index in [0.717, 1.165) is 82.6 Å². The molecule has 0 aliphatic carbocycles. The Morgan fingerprint density at radius 2 is 1.05 bits per heavy atom. The molecule has 5 nitrogen and oxygen atoms in total. The van der Waals surface area contributed by atoms with Crippen LogP contribution >= 0.6 is 0 Å². The van der Waals surface area contributed by atoms with Crippen molar-refractivity contribution in [2.45, 2.75) is 0 Å². The van der Waals surface area contributed by atoms with Crippen LogP contribution in [0.4, 0.5) is 0 Å². The molecule has 0 aliphatic rings. The van der Waals surface area contributed by atoms with Crippen LogP contribution in [0.3, 0.4) is 0 Å². The maximum atomic E-state index is 6.75. The summed E-state index contributed by atoms with van der Waals surface area (Å²) in [7, 11) is 0. The van der Waals surface area contributed by atoms with Crippen LogP contribution in [0, 0.1) is 0 Å². The molecule has 0 unspecified atom stereocenters. The van der Waals surface area contributed by atoms with E-state index in [1.807, 2.05) is 18.2 Å². The Kier molecular flexibility index (Phi) is 6.10. The minimum absolute atomic E-state index is 0.634. The van der Waals surface area contributed by atoms with E-state index in [1.165, 1.54) is 32.4 Å². The Balaban J connectivity index is 1.09. The van der Waals surface area contributed by atoms with Crippen LogP contribution < -0.4 is 0 Å². The Hall–Kier alpha value is -7.76. The molecule has 0 bridgehead atoms. The highest BCUT2D eigenvalue weighted by Gasteiger charge is 2.22. The summed E-state index contributed by atoms with van der Waals surface area (Å²) in [6, 6.07) is 62.1. The van der Waals surface area contributed by atoms with Gasteiger partial charge in [-0.25, -0.2) is 9.97 Å². The number of furan rings is 2. The highest BCUT2D eigenvalue weighted by molar-refractivity contribution is 6.20. The second-order valence-corrected chi connectivity index (χ2v) is 14.9. The van der Waals surface area contributed by atoms with E-state index in [9.17, 15) is 0 Å². The smallest absolute Gasteiger partial charge is 0.180 e. The van der Waals surface area contributed by atoms with Crippen LogP contribution in [0.5, 0.6) is 0 Å². The van der Waals surface area contributed by atoms with Crippen molar-refractivity contribution >= 4 is 98.1 Å². The third kappa shape index (κ3) is 4.39. The molecule has 0 radical (unpaired) electrons. The third-order valence-electron chi connectivity index (χ3n) is 11.7. The molecule has 13 rings (SSSR count). The Labute approximate surface area is 324 Å². The molecule has 0 atom stereocenters. The van der Waals surface area contributed by atoms with Gasteiger partial charge in [0.05, 0.1) is 11.0 Å². The molecule has 4 aromatic heterocycles. The Morgan fingerprint density at radius 1 is 0.386 bits per heavy atom. The summed E-state index contributed by atoms with van der Waals surface area (Å²) >= 11 is 0. The highest BCUT2D eigenvalue weighted by Crippen LogP contribution is 2.43. The Morgan fingerprint density at radius 3 is 1.91 bits per heavy atom. The fraction of sp³-hybridized carbons (Fsp3) is 0. The number of fused-ring (bicyclic) bond motifs is 13. The van der Waals surface area contributed by atoms with Crippen LogP contribution in [0.2, 0.25) is 0 Å². The van der Waals surface area contributed by atoms with Gasteiger partial charge in [0, 0.05) is 49.1 Å². The van der Waals surface area contributed by atoms with E-state index in [2.05, 4.69) is 162 Å². The van der Waals surface area contributed by atoms with Crippen LogP contribution in [0.15, 0.2) is 185 Å². The van der Waals surface area contributed by atoms with Gasteiger partial charge in [-0.3, -0.25) is 0 Å². The third-order valence-corrected chi connectivity index (χ3v) is 11.7. The monoisotopic (exact) mass is 727 g/mol. The van der Waals surface area contributed by atoms with E-state index in [1.54, 1.807) is 0 Å². The molecule has 5 heteroatoms. The standard InChI is InChI=1S/C52H29N3O2/c1-2-12-31-25-34(22-21-30(31)11-1)48-51-49(39-18-8-10-20-46(39)57-51)54-52(53-48)43-29-42-41-28-35(23-24-47(41)56-50(42)38-17-6-5-15-36(38)43)55-44-19-9-7-16-37(44)40-26-32-13-3-4-14-33(32)27-45(40)55/h1-29H. The minimum atomic E-state index is 0.634. The lowest BCUT2D eigenvalue weighted by Crippen LogP contribution is -1.95. The van der Waals surface area contributed by atoms with E-state index in [4.69, 9.17) is 18.8 Å². The van der Waals surface area contributed by atoms with Gasteiger partial charge in [-0.1, -0.05) is 115 Å². The summed E-state index contributed by atoms with van der Waals surface area (Å²) in [5.41, 5.74) is 10.0. The van der Waals surface area contributed by atoms with Crippen molar-refractivity contribution in [1.29, 1.82) is 0 Å². The number of nitrogens with zero attached hydrogens (tertiary/aromatic N) is 3. The lowest BCUT2D eigenvalue weighted by molar-refractivity contribution is 0.667. The van der Waals surface area contributed by atoms with Crippen LogP contribution in [0.1, 0.15) is 0 Å². The lowest BCUT2D eigenvalue weighted by atomic mass is 9.99. The first-order valence-electron chi connectivity index (χ1n) is 19.2. The fourth-order valence-corrected chi connectivity index (χ4v) is 9.09. The molecule has 0 N–H and O–H groups in total. The van der Waals surface area contributed by atoms with Gasteiger partial charge in [0.25, 0.3) is 0 Å². The van der Waals surface area contributed by atoms with E-state index in [0.29, 0.717) is 11.4 Å². The van der Waals surface area contributed by atoms with Crippen LogP contribution in [-0.4, -0.2) is 14.5 Å². The largest absolute Gasteiger partial charge is 0.455 e. The predicted molar refractivity (Wildman–Crippen MR) is 234 cm³/mol. The van der Waals surface area contributed by atoms with E-state index >= 15 is 0 Å². The zero-order chi connectivity index (χ0) is 37.2. The molecule has 0 spiro atoms. The van der Waals surface area contributed by atoms with Crippen molar-refractivity contribution in [3.63, 3.8) is 0 Å². The van der Waals surface area contributed by atoms with Crippen molar-refractivity contribution in [1.82, 2.24) is 14.5 Å². The van der Waals surface area contributed by atoms with Gasteiger partial charge in [0.15, 0.2) is 11.4 Å². The average molecular weight is 728 g/mol. The number of aromatic nitrogens is 3. The SMILES string of the molecule is c1ccc2cc(-c3nc(-c4cc5c6cc(-n7c8ccccc8c8cc9ccccc9cc87)ccc6oc5c5ccccc45)nc4c3oc3ccccc34)ccc2c1. The van der Waals surface area contributed by atoms with Crippen molar-refractivity contribution in [3.8, 4) is 28.3 Å². The molecule has 0 saturated heterocycles. The minimum Gasteiger partial charge on any atom is -0.455 e. The molecule has 0 aliphatic heterocycles. The van der Waals surface area contributed by atoms with Gasteiger partial charge in [0.2, 0.25) is 0 Å². The number of hydrogen-bond donors (Lipinski definition) is 0. The summed E-state index contributed by atoms with van der Waals surface area (Å²) in [4.78, 5) is 10.7. The van der Waals surface area contributed by atoms with Gasteiger partial charge >= 0.3 is 0 Å². The van der Waals surface area contributed by atoms with E-state index < -0.39 is 0 Å². The maximum Gasteiger partial charge on any atom is 0.180 e. The van der Waals surface area contributed by atoms with Crippen LogP contribution in [0.25, 0.3) is 126 Å². The number of hydrogen-bond acceptors (Lipinski definition) is 4. The molecule has 4 heterocycles. The second-order valence-electron chi connectivity index (χ2n) is 14.9. The topological polar surface area (TPSA) is 57.0 Å². The zero-order valence-electron chi connectivity index (χ0n) is 30.4. The molecule has 13 aromatic rings. The first-order valence-corrected chi connectivity index (χ1v) is 19.2. The van der Waals surface area contributed by atoms with E-state index in [-0.39, 0.29) is 0 Å². The van der Waals surface area contributed by atoms with Gasteiger partial charge in [-0.2, -0.15) is 0 Å². The summed E-state index contributed by atoms with van der Waals surface area (Å²) in [6.45, 7) is 0. The summed E-state index contributed by atoms with van der Waals surface area (Å²) in [5, 5.41) is 12.3. The fourth-order valence-electron chi connectivity index (χ4n) is 9.09. The predicted octanol–water partition coefficient (Wildman–Crippen LogP) is 14.2. The number of para-hydroxylation sites is 2. The quantitative estimate of drug-likeness (QED) is 0.182. The first-order chi connectivity index (χ1) is 28.2. The summed E-state index contributed by atoms with van der Waals surface area (Å²) in [5.74, 6) is 0.634. The molecule has 57 heavy (non-hydrogen) atoms. The van der Waals surface area contributed by atoms with Crippen molar-refractivity contribution in [2.75, 3.05) is 0 Å². The Bertz CT molecular complexity index is 3830. The van der Waals surface area contributed by atoms with Gasteiger partial charge in [0.1, 0.15) is 28.0 Å². The lowest BCUT2D eigenvalue weighted by Gasteiger charge is -2.10. The molecular formula is C52H29N3O2. The average Bonchev–Trinajstić information content (AvgIpc) is 3.94.